The van der Waals surface area contributed by atoms with Crippen LogP contribution in [0.15, 0.2) is 22.7 Å². The van der Waals surface area contributed by atoms with Crippen molar-refractivity contribution >= 4 is 29.3 Å². The van der Waals surface area contributed by atoms with Gasteiger partial charge < -0.3 is 40.1 Å². The molecule has 3 atom stereocenters. The van der Waals surface area contributed by atoms with Gasteiger partial charge in [-0.1, -0.05) is 37.4 Å². The van der Waals surface area contributed by atoms with Crippen molar-refractivity contribution in [3.8, 4) is 5.75 Å². The molecule has 224 valence electrons. The third kappa shape index (κ3) is 7.10. The van der Waals surface area contributed by atoms with E-state index in [4.69, 9.17) is 9.26 Å². The van der Waals surface area contributed by atoms with E-state index in [1.807, 2.05) is 6.92 Å². The second kappa shape index (κ2) is 13.2. The number of aliphatic hydroxyl groups excluding tert-OH is 1. The molecule has 2 heterocycles. The number of hydrogen-bond acceptors (Lipinski definition) is 7. The van der Waals surface area contributed by atoms with Crippen LogP contribution in [0.4, 0.5) is 21.0 Å². The highest BCUT2D eigenvalue weighted by Crippen LogP contribution is 2.35. The van der Waals surface area contributed by atoms with Crippen LogP contribution in [-0.4, -0.2) is 83.0 Å². The van der Waals surface area contributed by atoms with Crippen LogP contribution in [0.1, 0.15) is 67.8 Å². The fraction of sp³-hybridized carbons (Fsp3) is 0.586. The Labute approximate surface area is 240 Å². The number of hydrogen-bond donors (Lipinski definition) is 4. The Bertz CT molecular complexity index is 1220. The number of nitrogens with zero attached hydrogens (tertiary/aromatic N) is 3. The summed E-state index contributed by atoms with van der Waals surface area (Å²) < 4.78 is 11.6. The summed E-state index contributed by atoms with van der Waals surface area (Å²) in [6, 6.07) is 3.96. The summed E-state index contributed by atoms with van der Waals surface area (Å²) in [6.07, 6.45) is 4.87. The number of amides is 5. The van der Waals surface area contributed by atoms with Crippen LogP contribution in [0.3, 0.4) is 0 Å². The van der Waals surface area contributed by atoms with E-state index >= 15 is 0 Å². The number of carbonyl (C=O) groups excluding carboxylic acids is 3. The Morgan fingerprint density at radius 2 is 1.93 bits per heavy atom. The van der Waals surface area contributed by atoms with Crippen molar-refractivity contribution in [2.24, 2.45) is 5.92 Å². The minimum Gasteiger partial charge on any atom is -0.485 e. The van der Waals surface area contributed by atoms with Crippen molar-refractivity contribution in [1.82, 2.24) is 20.3 Å². The summed E-state index contributed by atoms with van der Waals surface area (Å²) in [6.45, 7) is 7.52. The fourth-order valence-corrected chi connectivity index (χ4v) is 5.37. The van der Waals surface area contributed by atoms with E-state index in [9.17, 15) is 19.5 Å². The second-order valence-electron chi connectivity index (χ2n) is 11.2. The van der Waals surface area contributed by atoms with Gasteiger partial charge in [0.15, 0.2) is 11.5 Å². The fourth-order valence-electron chi connectivity index (χ4n) is 5.37. The predicted molar refractivity (Wildman–Crippen MR) is 154 cm³/mol. The van der Waals surface area contributed by atoms with E-state index in [-0.39, 0.29) is 48.4 Å². The van der Waals surface area contributed by atoms with Crippen molar-refractivity contribution in [3.05, 3.63) is 35.2 Å². The molecule has 0 unspecified atom stereocenters. The zero-order valence-corrected chi connectivity index (χ0v) is 24.5. The number of aliphatic hydroxyl groups is 1. The number of aryl methyl sites for hydroxylation is 2. The molecule has 5 amide bonds. The van der Waals surface area contributed by atoms with Gasteiger partial charge in [0.25, 0.3) is 5.91 Å². The van der Waals surface area contributed by atoms with Crippen LogP contribution >= 0.6 is 0 Å². The molecule has 1 fully saturated rings. The van der Waals surface area contributed by atoms with Crippen molar-refractivity contribution < 1.29 is 28.8 Å². The number of likely N-dealkylation sites (N-methyl/N-ethyl adjacent to an activating group) is 1. The first-order valence-electron chi connectivity index (χ1n) is 14.3. The highest BCUT2D eigenvalue weighted by Gasteiger charge is 2.35. The lowest BCUT2D eigenvalue weighted by Gasteiger charge is -2.38. The number of fused-ring (bicyclic) bond motifs is 1. The van der Waals surface area contributed by atoms with Crippen molar-refractivity contribution in [3.63, 3.8) is 0 Å². The Kier molecular flexibility index (Phi) is 9.74. The van der Waals surface area contributed by atoms with Crippen LogP contribution in [0.5, 0.6) is 5.75 Å². The third-order valence-corrected chi connectivity index (χ3v) is 7.94. The highest BCUT2D eigenvalue weighted by molar-refractivity contribution is 6.04. The number of aromatic nitrogens is 1. The van der Waals surface area contributed by atoms with Crippen LogP contribution < -0.4 is 20.7 Å². The van der Waals surface area contributed by atoms with Gasteiger partial charge in [0.2, 0.25) is 0 Å². The number of ether oxygens (including phenoxy) is 1. The summed E-state index contributed by atoms with van der Waals surface area (Å²) in [4.78, 5) is 43.0. The zero-order chi connectivity index (χ0) is 29.7. The Balaban J connectivity index is 1.60. The average molecular weight is 571 g/mol. The lowest BCUT2D eigenvalue weighted by atomic mass is 9.96. The number of nitrogens with one attached hydrogen (secondary N) is 3. The minimum absolute atomic E-state index is 0.167. The van der Waals surface area contributed by atoms with Crippen LogP contribution in [0.2, 0.25) is 0 Å². The molecule has 4 rings (SSSR count). The molecule has 0 bridgehead atoms. The summed E-state index contributed by atoms with van der Waals surface area (Å²) in [5, 5.41) is 22.5. The van der Waals surface area contributed by atoms with E-state index in [1.54, 1.807) is 55.8 Å². The van der Waals surface area contributed by atoms with Crippen molar-refractivity contribution in [2.75, 3.05) is 37.4 Å². The normalized spacial score (nSPS) is 20.2. The monoisotopic (exact) mass is 570 g/mol. The van der Waals surface area contributed by atoms with Gasteiger partial charge in [-0.2, -0.15) is 0 Å². The van der Waals surface area contributed by atoms with E-state index < -0.39 is 18.2 Å². The van der Waals surface area contributed by atoms with E-state index in [0.717, 1.165) is 25.7 Å². The minimum atomic E-state index is -0.555. The highest BCUT2D eigenvalue weighted by atomic mass is 16.5. The van der Waals surface area contributed by atoms with E-state index in [0.29, 0.717) is 29.4 Å². The SMILES string of the molecule is Cc1noc(C)c1NC(=O)Nc1cccc2c1O[C@H](CN(C)C(=O)NC1CCCCC1)[C@H](C)CN([C@@H](C)CO)C2=O. The Morgan fingerprint density at radius 3 is 2.59 bits per heavy atom. The lowest BCUT2D eigenvalue weighted by Crippen LogP contribution is -2.52. The summed E-state index contributed by atoms with van der Waals surface area (Å²) in [5.41, 5.74) is 1.54. The molecular formula is C29H42N6O6. The largest absolute Gasteiger partial charge is 0.485 e. The van der Waals surface area contributed by atoms with Crippen molar-refractivity contribution in [1.29, 1.82) is 0 Å². The smallest absolute Gasteiger partial charge is 0.323 e. The number of para-hydroxylation sites is 1. The zero-order valence-electron chi connectivity index (χ0n) is 24.5. The standard InChI is InChI=1S/C29H42N6O6/c1-17-14-35(18(2)16-36)27(37)22-12-9-13-23(31-28(38)32-25-19(3)33-41-20(25)4)26(22)40-24(17)15-34(5)29(39)30-21-10-7-6-8-11-21/h9,12-13,17-18,21,24,36H,6-8,10-11,14-16H2,1-5H3,(H,30,39)(H2,31,32,38)/t17-,18+,24-/m1/s1. The molecule has 0 saturated heterocycles. The first kappa shape index (κ1) is 30.2. The molecule has 4 N–H and O–H groups in total. The molecule has 1 aromatic carbocycles. The Hall–Kier alpha value is -3.80. The quantitative estimate of drug-likeness (QED) is 0.391. The number of benzene rings is 1. The van der Waals surface area contributed by atoms with Gasteiger partial charge in [-0.25, -0.2) is 9.59 Å². The van der Waals surface area contributed by atoms with Crippen LogP contribution in [0.25, 0.3) is 0 Å². The number of rotatable bonds is 7. The molecule has 41 heavy (non-hydrogen) atoms. The molecule has 12 nitrogen and oxygen atoms in total. The summed E-state index contributed by atoms with van der Waals surface area (Å²) >= 11 is 0. The third-order valence-electron chi connectivity index (χ3n) is 7.94. The molecule has 2 aromatic rings. The molecule has 1 aliphatic carbocycles. The molecule has 0 spiro atoms. The van der Waals surface area contributed by atoms with Crippen molar-refractivity contribution in [2.45, 2.75) is 78.0 Å². The van der Waals surface area contributed by atoms with Gasteiger partial charge in [0.05, 0.1) is 30.4 Å². The topological polar surface area (TPSA) is 149 Å². The van der Waals surface area contributed by atoms with Gasteiger partial charge in [-0.15, -0.1) is 0 Å². The molecule has 0 radical (unpaired) electrons. The van der Waals surface area contributed by atoms with Gasteiger partial charge >= 0.3 is 12.1 Å². The number of carbonyl (C=O) groups is 3. The first-order valence-corrected chi connectivity index (χ1v) is 14.3. The maximum absolute atomic E-state index is 13.7. The second-order valence-corrected chi connectivity index (χ2v) is 11.2. The number of anilines is 2. The van der Waals surface area contributed by atoms with Gasteiger partial charge in [-0.3, -0.25) is 4.79 Å². The maximum Gasteiger partial charge on any atom is 0.323 e. The van der Waals surface area contributed by atoms with Gasteiger partial charge in [0, 0.05) is 25.6 Å². The average Bonchev–Trinajstić information content (AvgIpc) is 3.27. The number of urea groups is 2. The molecule has 2 aliphatic rings. The van der Waals surface area contributed by atoms with E-state index in [2.05, 4.69) is 21.1 Å². The predicted octanol–water partition coefficient (Wildman–Crippen LogP) is 4.13. The molecule has 1 aromatic heterocycles. The first-order chi connectivity index (χ1) is 19.6. The van der Waals surface area contributed by atoms with Crippen LogP contribution in [-0.2, 0) is 0 Å². The molecule has 12 heteroatoms. The summed E-state index contributed by atoms with van der Waals surface area (Å²) in [7, 11) is 1.73. The molecule has 1 saturated carbocycles. The maximum atomic E-state index is 13.7. The lowest BCUT2D eigenvalue weighted by molar-refractivity contribution is 0.0368. The van der Waals surface area contributed by atoms with Crippen LogP contribution in [0, 0.1) is 19.8 Å². The summed E-state index contributed by atoms with van der Waals surface area (Å²) in [5.74, 6) is 0.156. The van der Waals surface area contributed by atoms with Gasteiger partial charge in [0.1, 0.15) is 17.5 Å². The molecule has 1 aliphatic heterocycles. The molecular weight excluding hydrogens is 528 g/mol. The Morgan fingerprint density at radius 1 is 1.20 bits per heavy atom. The van der Waals surface area contributed by atoms with E-state index in [1.165, 1.54) is 6.42 Å². The van der Waals surface area contributed by atoms with Gasteiger partial charge in [-0.05, 0) is 45.7 Å².